The maximum Gasteiger partial charge on any atom is 2.00 e. The summed E-state index contributed by atoms with van der Waals surface area (Å²) in [6, 6.07) is 0. The molecule has 4 N–H and O–H groups in total. The van der Waals surface area contributed by atoms with E-state index in [0.29, 0.717) is 0 Å². The molecule has 0 unspecified atom stereocenters. The summed E-state index contributed by atoms with van der Waals surface area (Å²) in [4.78, 5) is 8.36. The van der Waals surface area contributed by atoms with Gasteiger partial charge in [-0.25, -0.2) is 0 Å². The number of nitrogens with zero attached hydrogens (tertiary/aromatic N) is 1. The van der Waals surface area contributed by atoms with Crippen LogP contribution in [0, 0.1) is 10.1 Å². The van der Waals surface area contributed by atoms with Crippen molar-refractivity contribution < 1.29 is 13.1 Å². The summed E-state index contributed by atoms with van der Waals surface area (Å²) in [7, 11) is 0. The van der Waals surface area contributed by atoms with Gasteiger partial charge in [-0.05, 0) is 0 Å². The van der Waals surface area contributed by atoms with Crippen molar-refractivity contribution in [3.05, 3.63) is 23.3 Å². The van der Waals surface area contributed by atoms with Crippen LogP contribution in [0.5, 0.6) is 0 Å². The molecule has 0 saturated carbocycles. The van der Waals surface area contributed by atoms with Crippen molar-refractivity contribution >= 4 is 37.7 Å². The smallest absolute Gasteiger partial charge is 1.00 e. The predicted molar refractivity (Wildman–Crippen MR) is 33.0 cm³/mol. The molecule has 0 amide bonds. The zero-order valence-corrected chi connectivity index (χ0v) is 6.75. The fourth-order valence-electron chi connectivity index (χ4n) is 0. The fourth-order valence-corrected chi connectivity index (χ4v) is 0. The maximum absolute atomic E-state index is 8.36. The molecule has 6 heteroatoms. The summed E-state index contributed by atoms with van der Waals surface area (Å²) >= 11 is 0. The topological polar surface area (TPSA) is 98.4 Å². The Balaban J connectivity index is -0.00000000625. The van der Waals surface area contributed by atoms with Gasteiger partial charge in [0.2, 0.25) is 0 Å². The van der Waals surface area contributed by atoms with Crippen molar-refractivity contribution in [2.45, 2.75) is 0 Å². The molecule has 0 aliphatic heterocycles. The molecular weight excluding hydrogens is 140 g/mol. The Morgan fingerprint density at radius 1 is 1.62 bits per heavy atom. The van der Waals surface area contributed by atoms with E-state index in [9.17, 15) is 0 Å². The first kappa shape index (κ1) is 24.2. The van der Waals surface area contributed by atoms with Gasteiger partial charge in [-0.1, -0.05) is 0 Å². The third-order valence-electron chi connectivity index (χ3n) is 0. The quantitative estimate of drug-likeness (QED) is 0.227. The average Bonchev–Trinajstić information content (AvgIpc) is 1.41. The third kappa shape index (κ3) is 6430. The molecule has 0 bridgehead atoms. The first-order valence-electron chi connectivity index (χ1n) is 1.07. The van der Waals surface area contributed by atoms with Crippen molar-refractivity contribution in [1.29, 1.82) is 0 Å². The number of hydrogen-bond acceptors (Lipinski definition) is 3. The Morgan fingerprint density at radius 3 is 1.62 bits per heavy atom. The monoisotopic (exact) mass is 150 g/mol. The SMILES string of the molecule is C=C.N.O=[N+]([O-])O.[Ca+2].[H-].[H-]. The molecule has 0 aromatic carbocycles. The molecule has 0 rings (SSSR count). The molecule has 48 valence electrons. The summed E-state index contributed by atoms with van der Waals surface area (Å²) < 4.78 is 0. The Bertz CT molecular complexity index is 53.8. The van der Waals surface area contributed by atoms with Gasteiger partial charge < -0.3 is 14.2 Å². The molecule has 0 aromatic heterocycles. The molecule has 0 aliphatic carbocycles. The van der Waals surface area contributed by atoms with Gasteiger partial charge in [0, 0.05) is 0 Å². The second kappa shape index (κ2) is 27.2. The summed E-state index contributed by atoms with van der Waals surface area (Å²) in [5.41, 5.74) is 0. The zero-order chi connectivity index (χ0) is 5.58. The minimum Gasteiger partial charge on any atom is -1.00 e. The minimum atomic E-state index is -1.50. The third-order valence-corrected chi connectivity index (χ3v) is 0. The van der Waals surface area contributed by atoms with Crippen LogP contribution in [-0.2, 0) is 0 Å². The van der Waals surface area contributed by atoms with Gasteiger partial charge in [0.1, 0.15) is 0 Å². The summed E-state index contributed by atoms with van der Waals surface area (Å²) in [6.45, 7) is 6.00. The first-order chi connectivity index (χ1) is 2.73. The molecule has 8 heavy (non-hydrogen) atoms. The maximum atomic E-state index is 8.36. The van der Waals surface area contributed by atoms with E-state index >= 15 is 0 Å². The van der Waals surface area contributed by atoms with E-state index in [2.05, 4.69) is 13.2 Å². The van der Waals surface area contributed by atoms with Gasteiger partial charge in [-0.3, -0.25) is 0 Å². The largest absolute Gasteiger partial charge is 2.00 e. The van der Waals surface area contributed by atoms with E-state index in [1.807, 2.05) is 0 Å². The van der Waals surface area contributed by atoms with Crippen LogP contribution >= 0.6 is 0 Å². The van der Waals surface area contributed by atoms with E-state index in [4.69, 9.17) is 15.3 Å². The van der Waals surface area contributed by atoms with E-state index in [1.165, 1.54) is 0 Å². The summed E-state index contributed by atoms with van der Waals surface area (Å²) in [5, 5.41) is 13.6. The fraction of sp³-hybridized carbons (Fsp3) is 0. The van der Waals surface area contributed by atoms with Crippen molar-refractivity contribution in [2.24, 2.45) is 0 Å². The average molecular weight is 150 g/mol. The van der Waals surface area contributed by atoms with Crippen LogP contribution in [0.15, 0.2) is 13.2 Å². The molecule has 0 spiro atoms. The molecule has 0 heterocycles. The number of hydrogen-bond donors (Lipinski definition) is 2. The molecule has 0 radical (unpaired) electrons. The van der Waals surface area contributed by atoms with Crippen LogP contribution in [0.25, 0.3) is 0 Å². The standard InChI is InChI=1S/C2H4.Ca.HNO3.H3N.2H/c1-2;;2-1(3)4;;;/h1-2H2;;(H,2,3,4);1H3;;/q;+2;;;2*-1. The van der Waals surface area contributed by atoms with Gasteiger partial charge >= 0.3 is 37.7 Å². The Labute approximate surface area is 80.0 Å². The molecule has 0 aliphatic rings. The van der Waals surface area contributed by atoms with Crippen molar-refractivity contribution in [3.8, 4) is 0 Å². The second-order valence-electron chi connectivity index (χ2n) is 0.238. The van der Waals surface area contributed by atoms with Crippen molar-refractivity contribution in [3.63, 3.8) is 0 Å². The Morgan fingerprint density at radius 2 is 1.62 bits per heavy atom. The Kier molecular flexibility index (Phi) is 82.2. The molecule has 0 aromatic rings. The van der Waals surface area contributed by atoms with Crippen LogP contribution in [0.2, 0.25) is 0 Å². The van der Waals surface area contributed by atoms with E-state index in [1.54, 1.807) is 0 Å². The Hall–Kier alpha value is 0.160. The van der Waals surface area contributed by atoms with E-state index in [-0.39, 0.29) is 46.7 Å². The first-order valence-corrected chi connectivity index (χ1v) is 1.07. The van der Waals surface area contributed by atoms with Gasteiger partial charge in [0.15, 0.2) is 0 Å². The zero-order valence-electron chi connectivity index (χ0n) is 6.54. The van der Waals surface area contributed by atoms with Crippen molar-refractivity contribution in [2.75, 3.05) is 0 Å². The molecule has 0 saturated heterocycles. The van der Waals surface area contributed by atoms with E-state index < -0.39 is 5.09 Å². The minimum absolute atomic E-state index is 0. The van der Waals surface area contributed by atoms with Crippen LogP contribution in [-0.4, -0.2) is 48.0 Å². The van der Waals surface area contributed by atoms with Crippen molar-refractivity contribution in [1.82, 2.24) is 6.15 Å². The van der Waals surface area contributed by atoms with Crippen LogP contribution in [0.4, 0.5) is 0 Å². The summed E-state index contributed by atoms with van der Waals surface area (Å²) in [6.07, 6.45) is 0. The van der Waals surface area contributed by atoms with E-state index in [0.717, 1.165) is 0 Å². The normalized spacial score (nSPS) is 3.50. The predicted octanol–water partition coefficient (Wildman–Crippen LogP) is 0.461. The molecule has 0 fully saturated rings. The summed E-state index contributed by atoms with van der Waals surface area (Å²) in [5.74, 6) is 0. The number of rotatable bonds is 0. The molecule has 0 atom stereocenters. The van der Waals surface area contributed by atoms with Gasteiger partial charge in [0.05, 0.1) is 0 Å². The van der Waals surface area contributed by atoms with Gasteiger partial charge in [-0.2, -0.15) is 0 Å². The van der Waals surface area contributed by atoms with Crippen LogP contribution in [0.1, 0.15) is 2.85 Å². The van der Waals surface area contributed by atoms with Gasteiger partial charge in [-0.15, -0.1) is 23.3 Å². The van der Waals surface area contributed by atoms with Crippen LogP contribution < -0.4 is 6.15 Å². The second-order valence-corrected chi connectivity index (χ2v) is 0.238. The van der Waals surface area contributed by atoms with Crippen LogP contribution in [0.3, 0.4) is 0 Å². The molecular formula is C2H10CaN2O3. The van der Waals surface area contributed by atoms with Gasteiger partial charge in [0.25, 0.3) is 5.09 Å². The molecule has 5 nitrogen and oxygen atoms in total.